The Morgan fingerprint density at radius 1 is 1.23 bits per heavy atom. The summed E-state index contributed by atoms with van der Waals surface area (Å²) in [6.07, 6.45) is 3.61. The highest BCUT2D eigenvalue weighted by Gasteiger charge is 2.15. The number of hydrogen-bond donors (Lipinski definition) is 1. The van der Waals surface area contributed by atoms with Crippen LogP contribution in [0.3, 0.4) is 0 Å². The molecular weight excluding hydrogens is 285 g/mol. The van der Waals surface area contributed by atoms with Gasteiger partial charge in [-0.3, -0.25) is 4.99 Å². The maximum absolute atomic E-state index is 13.2. The zero-order valence-electron chi connectivity index (χ0n) is 11.5. The van der Waals surface area contributed by atoms with Gasteiger partial charge in [0.05, 0.1) is 6.54 Å². The third kappa shape index (κ3) is 2.88. The molecule has 3 rings (SSSR count). The number of ether oxygens (including phenoxy) is 1. The van der Waals surface area contributed by atoms with E-state index in [1.165, 1.54) is 24.3 Å². The van der Waals surface area contributed by atoms with E-state index in [0.717, 1.165) is 11.1 Å². The van der Waals surface area contributed by atoms with Gasteiger partial charge in [0.2, 0.25) is 0 Å². The Kier molecular flexibility index (Phi) is 3.70. The van der Waals surface area contributed by atoms with Gasteiger partial charge in [0, 0.05) is 12.3 Å². The fourth-order valence-corrected chi connectivity index (χ4v) is 2.17. The van der Waals surface area contributed by atoms with Crippen LogP contribution in [0, 0.1) is 5.82 Å². The Morgan fingerprint density at radius 3 is 2.77 bits per heavy atom. The normalized spacial score (nSPS) is 13.0. The molecule has 0 bridgehead atoms. The van der Waals surface area contributed by atoms with Gasteiger partial charge in [-0.1, -0.05) is 18.2 Å². The molecule has 0 unspecified atom stereocenters. The van der Waals surface area contributed by atoms with Gasteiger partial charge in [-0.05, 0) is 35.4 Å². The maximum Gasteiger partial charge on any atom is 0.339 e. The highest BCUT2D eigenvalue weighted by molar-refractivity contribution is 6.12. The summed E-state index contributed by atoms with van der Waals surface area (Å²) in [5.74, 6) is -1.14. The van der Waals surface area contributed by atoms with Crippen molar-refractivity contribution in [2.45, 2.75) is 0 Å². The van der Waals surface area contributed by atoms with Crippen molar-refractivity contribution in [2.24, 2.45) is 4.99 Å². The number of halogens is 1. The summed E-state index contributed by atoms with van der Waals surface area (Å²) in [5, 5.41) is 9.36. The lowest BCUT2D eigenvalue weighted by atomic mass is 10.0. The Labute approximate surface area is 126 Å². The van der Waals surface area contributed by atoms with E-state index >= 15 is 0 Å². The Bertz CT molecular complexity index is 796. The van der Waals surface area contributed by atoms with E-state index in [2.05, 4.69) is 4.99 Å². The number of carboxylic acids is 1. The Balaban J connectivity index is 1.97. The van der Waals surface area contributed by atoms with Crippen LogP contribution in [0.1, 0.15) is 15.9 Å². The van der Waals surface area contributed by atoms with Crippen LogP contribution >= 0.6 is 0 Å². The van der Waals surface area contributed by atoms with Gasteiger partial charge < -0.3 is 9.84 Å². The van der Waals surface area contributed by atoms with Crippen LogP contribution < -0.4 is 4.74 Å². The van der Waals surface area contributed by atoms with Crippen molar-refractivity contribution in [2.75, 3.05) is 6.54 Å². The van der Waals surface area contributed by atoms with E-state index in [0.29, 0.717) is 6.54 Å². The molecule has 5 heteroatoms. The van der Waals surface area contributed by atoms with Gasteiger partial charge in [0.25, 0.3) is 0 Å². The number of benzene rings is 2. The lowest BCUT2D eigenvalue weighted by Crippen LogP contribution is -2.01. The van der Waals surface area contributed by atoms with Gasteiger partial charge >= 0.3 is 5.97 Å². The van der Waals surface area contributed by atoms with Crippen molar-refractivity contribution in [3.8, 4) is 11.5 Å². The first-order chi connectivity index (χ1) is 10.6. The fourth-order valence-electron chi connectivity index (χ4n) is 2.17. The van der Waals surface area contributed by atoms with E-state index in [1.54, 1.807) is 24.4 Å². The zero-order chi connectivity index (χ0) is 15.5. The van der Waals surface area contributed by atoms with Crippen molar-refractivity contribution >= 4 is 17.8 Å². The van der Waals surface area contributed by atoms with Crippen molar-refractivity contribution in [3.63, 3.8) is 0 Å². The molecule has 0 aromatic heterocycles. The molecule has 4 nitrogen and oxygen atoms in total. The second kappa shape index (κ2) is 5.81. The van der Waals surface area contributed by atoms with Gasteiger partial charge in [0.15, 0.2) is 0 Å². The van der Waals surface area contributed by atoms with Gasteiger partial charge in [0.1, 0.15) is 22.9 Å². The first-order valence-electron chi connectivity index (χ1n) is 6.64. The molecular formula is C17H12FNO3. The minimum Gasteiger partial charge on any atom is -0.478 e. The highest BCUT2D eigenvalue weighted by Crippen LogP contribution is 2.29. The van der Waals surface area contributed by atoms with E-state index in [4.69, 9.17) is 4.74 Å². The lowest BCUT2D eigenvalue weighted by Gasteiger charge is -2.10. The molecule has 1 aliphatic heterocycles. The third-order valence-corrected chi connectivity index (χ3v) is 3.21. The molecule has 0 aliphatic carbocycles. The summed E-state index contributed by atoms with van der Waals surface area (Å²) >= 11 is 0. The number of hydrogen-bond acceptors (Lipinski definition) is 3. The minimum absolute atomic E-state index is 0.0166. The second-order valence-electron chi connectivity index (χ2n) is 4.73. The topological polar surface area (TPSA) is 58.9 Å². The molecule has 0 saturated heterocycles. The second-order valence-corrected chi connectivity index (χ2v) is 4.73. The summed E-state index contributed by atoms with van der Waals surface area (Å²) in [5.41, 5.74) is 1.65. The first-order valence-corrected chi connectivity index (χ1v) is 6.64. The average Bonchev–Trinajstić information content (AvgIpc) is 3.01. The molecule has 1 N–H and O–H groups in total. The van der Waals surface area contributed by atoms with Crippen LogP contribution in [0.5, 0.6) is 11.5 Å². The van der Waals surface area contributed by atoms with Crippen LogP contribution in [-0.2, 0) is 0 Å². The predicted octanol–water partition coefficient (Wildman–Crippen LogP) is 3.78. The van der Waals surface area contributed by atoms with Gasteiger partial charge in [-0.2, -0.15) is 0 Å². The molecule has 22 heavy (non-hydrogen) atoms. The molecule has 0 amide bonds. The summed E-state index contributed by atoms with van der Waals surface area (Å²) < 4.78 is 18.7. The van der Waals surface area contributed by atoms with Crippen molar-refractivity contribution in [1.82, 2.24) is 0 Å². The number of rotatable bonds is 4. The van der Waals surface area contributed by atoms with Crippen LogP contribution in [0.25, 0.3) is 5.57 Å². The SMILES string of the molecule is O=C(O)c1cc(C2=CCN=C2)ccc1Oc1cccc(F)c1. The van der Waals surface area contributed by atoms with Crippen LogP contribution in [0.2, 0.25) is 0 Å². The van der Waals surface area contributed by atoms with Crippen LogP contribution in [-0.4, -0.2) is 23.8 Å². The minimum atomic E-state index is -1.11. The Hall–Kier alpha value is -2.95. The first kappa shape index (κ1) is 14.0. The smallest absolute Gasteiger partial charge is 0.339 e. The van der Waals surface area contributed by atoms with Crippen molar-refractivity contribution < 1.29 is 19.0 Å². The number of aromatic carboxylic acids is 1. The summed E-state index contributed by atoms with van der Waals surface area (Å²) in [4.78, 5) is 15.5. The molecule has 0 saturated carbocycles. The fraction of sp³-hybridized carbons (Fsp3) is 0.0588. The maximum atomic E-state index is 13.2. The van der Waals surface area contributed by atoms with E-state index in [9.17, 15) is 14.3 Å². The highest BCUT2D eigenvalue weighted by atomic mass is 19.1. The third-order valence-electron chi connectivity index (χ3n) is 3.21. The zero-order valence-corrected chi connectivity index (χ0v) is 11.5. The van der Waals surface area contributed by atoms with Crippen molar-refractivity contribution in [1.29, 1.82) is 0 Å². The Morgan fingerprint density at radius 2 is 2.09 bits per heavy atom. The van der Waals surface area contributed by atoms with E-state index in [1.807, 2.05) is 6.08 Å². The number of nitrogens with zero attached hydrogens (tertiary/aromatic N) is 1. The largest absolute Gasteiger partial charge is 0.478 e. The number of allylic oxidation sites excluding steroid dienone is 1. The molecule has 0 radical (unpaired) electrons. The molecule has 2 aromatic carbocycles. The molecule has 1 aliphatic rings. The quantitative estimate of drug-likeness (QED) is 0.934. The molecule has 0 fully saturated rings. The standard InChI is InChI=1S/C17H12FNO3/c18-13-2-1-3-14(9-13)22-16-5-4-11(8-15(16)17(20)21)12-6-7-19-10-12/h1-6,8-10H,7H2,(H,20,21). The summed E-state index contributed by atoms with van der Waals surface area (Å²) in [7, 11) is 0. The summed E-state index contributed by atoms with van der Waals surface area (Å²) in [6, 6.07) is 10.4. The molecule has 0 atom stereocenters. The predicted molar refractivity (Wildman–Crippen MR) is 81.2 cm³/mol. The molecule has 2 aromatic rings. The molecule has 1 heterocycles. The van der Waals surface area contributed by atoms with Gasteiger partial charge in [-0.25, -0.2) is 9.18 Å². The molecule has 110 valence electrons. The van der Waals surface area contributed by atoms with E-state index in [-0.39, 0.29) is 17.1 Å². The lowest BCUT2D eigenvalue weighted by molar-refractivity contribution is 0.0694. The van der Waals surface area contributed by atoms with Crippen LogP contribution in [0.15, 0.2) is 53.5 Å². The number of carbonyl (C=O) groups is 1. The molecule has 0 spiro atoms. The average molecular weight is 297 g/mol. The monoisotopic (exact) mass is 297 g/mol. The van der Waals surface area contributed by atoms with Crippen molar-refractivity contribution in [3.05, 3.63) is 65.5 Å². The number of aliphatic imine (C=N–C) groups is 1. The van der Waals surface area contributed by atoms with Crippen LogP contribution in [0.4, 0.5) is 4.39 Å². The van der Waals surface area contributed by atoms with Gasteiger partial charge in [-0.15, -0.1) is 0 Å². The summed E-state index contributed by atoms with van der Waals surface area (Å²) in [6.45, 7) is 0.597. The van der Waals surface area contributed by atoms with E-state index < -0.39 is 11.8 Å². The number of carboxylic acid groups (broad SMARTS) is 1.